The van der Waals surface area contributed by atoms with E-state index in [4.69, 9.17) is 4.42 Å². The van der Waals surface area contributed by atoms with Gasteiger partial charge in [-0.1, -0.05) is 18.2 Å². The summed E-state index contributed by atoms with van der Waals surface area (Å²) in [6.07, 6.45) is 3.65. The quantitative estimate of drug-likeness (QED) is 0.663. The Labute approximate surface area is 102 Å². The molecule has 0 radical (unpaired) electrons. The molecule has 0 saturated carbocycles. The normalized spacial score (nSPS) is 10.8. The van der Waals surface area contributed by atoms with E-state index in [0.717, 1.165) is 15.8 Å². The summed E-state index contributed by atoms with van der Waals surface area (Å²) < 4.78 is 5.36. The van der Waals surface area contributed by atoms with Gasteiger partial charge in [-0.25, -0.2) is 0 Å². The number of thiazole rings is 1. The molecule has 0 atom stereocenters. The average molecular weight is 243 g/mol. The molecule has 4 heteroatoms. The largest absolute Gasteiger partial charge is 0.464 e. The highest BCUT2D eigenvalue weighted by Crippen LogP contribution is 2.22. The van der Waals surface area contributed by atoms with Crippen LogP contribution >= 0.6 is 11.3 Å². The van der Waals surface area contributed by atoms with Crippen molar-refractivity contribution in [2.24, 2.45) is 0 Å². The molecule has 0 bridgehead atoms. The topological polar surface area (TPSA) is 43.1 Å². The van der Waals surface area contributed by atoms with Crippen molar-refractivity contribution in [2.75, 3.05) is 0 Å². The fraction of sp³-hybridized carbons (Fsp3) is 0.0769. The molecule has 2 aromatic heterocycles. The Morgan fingerprint density at radius 2 is 2.24 bits per heavy atom. The summed E-state index contributed by atoms with van der Waals surface area (Å²) >= 11 is 1.49. The van der Waals surface area contributed by atoms with Crippen LogP contribution in [-0.2, 0) is 6.42 Å². The highest BCUT2D eigenvalue weighted by molar-refractivity contribution is 7.09. The van der Waals surface area contributed by atoms with Gasteiger partial charge >= 0.3 is 0 Å². The molecule has 0 saturated heterocycles. The summed E-state index contributed by atoms with van der Waals surface area (Å²) in [6.45, 7) is 0. The highest BCUT2D eigenvalue weighted by Gasteiger charge is 2.14. The van der Waals surface area contributed by atoms with E-state index in [-0.39, 0.29) is 5.78 Å². The van der Waals surface area contributed by atoms with Gasteiger partial charge in [-0.3, -0.25) is 9.78 Å². The van der Waals surface area contributed by atoms with Crippen LogP contribution in [0.3, 0.4) is 0 Å². The molecule has 0 unspecified atom stereocenters. The summed E-state index contributed by atoms with van der Waals surface area (Å²) in [5.74, 6) is 0.0687. The number of hydrogen-bond acceptors (Lipinski definition) is 4. The van der Waals surface area contributed by atoms with Gasteiger partial charge in [-0.15, -0.1) is 11.3 Å². The minimum absolute atomic E-state index is 0.0687. The molecular formula is C13H9NO2S. The number of fused-ring (bicyclic) bond motifs is 1. The van der Waals surface area contributed by atoms with Crippen LogP contribution in [0.4, 0.5) is 0 Å². The van der Waals surface area contributed by atoms with Gasteiger partial charge < -0.3 is 4.42 Å². The Hall–Kier alpha value is -1.94. The monoisotopic (exact) mass is 243 g/mol. The van der Waals surface area contributed by atoms with Crippen molar-refractivity contribution < 1.29 is 9.21 Å². The van der Waals surface area contributed by atoms with Gasteiger partial charge in [0, 0.05) is 22.9 Å². The second-order valence-corrected chi connectivity index (χ2v) is 4.68. The lowest BCUT2D eigenvalue weighted by Gasteiger charge is -1.95. The Balaban J connectivity index is 1.96. The van der Waals surface area contributed by atoms with Crippen LogP contribution in [0.15, 0.2) is 46.7 Å². The van der Waals surface area contributed by atoms with Crippen LogP contribution in [0.5, 0.6) is 0 Å². The summed E-state index contributed by atoms with van der Waals surface area (Å²) in [6, 6.07) is 7.56. The number of furan rings is 1. The third kappa shape index (κ3) is 1.87. The number of hydrogen-bond donors (Lipinski definition) is 0. The van der Waals surface area contributed by atoms with Gasteiger partial charge in [-0.05, 0) is 6.07 Å². The number of aromatic nitrogens is 1. The third-order valence-corrected chi connectivity index (χ3v) is 3.38. The summed E-state index contributed by atoms with van der Waals surface area (Å²) in [7, 11) is 0. The molecule has 0 aliphatic heterocycles. The van der Waals surface area contributed by atoms with Crippen molar-refractivity contribution in [3.63, 3.8) is 0 Å². The van der Waals surface area contributed by atoms with E-state index in [9.17, 15) is 4.79 Å². The molecule has 2 heterocycles. The standard InChI is InChI=1S/C13H9NO2S/c15-12(5-9-6-14-8-17-9)11-7-16-13-4-2-1-3-10(11)13/h1-4,6-8H,5H2. The van der Waals surface area contributed by atoms with Gasteiger partial charge in [-0.2, -0.15) is 0 Å². The first kappa shape index (κ1) is 10.2. The molecular weight excluding hydrogens is 234 g/mol. The van der Waals surface area contributed by atoms with Gasteiger partial charge in [0.15, 0.2) is 5.78 Å². The molecule has 1 aromatic carbocycles. The summed E-state index contributed by atoms with van der Waals surface area (Å²) in [5.41, 5.74) is 3.13. The first-order valence-electron chi connectivity index (χ1n) is 5.21. The van der Waals surface area contributed by atoms with Crippen molar-refractivity contribution in [1.82, 2.24) is 4.98 Å². The van der Waals surface area contributed by atoms with E-state index < -0.39 is 0 Å². The second-order valence-electron chi connectivity index (χ2n) is 3.71. The first-order valence-corrected chi connectivity index (χ1v) is 6.09. The number of rotatable bonds is 3. The van der Waals surface area contributed by atoms with Gasteiger partial charge in [0.25, 0.3) is 0 Å². The number of nitrogens with zero attached hydrogens (tertiary/aromatic N) is 1. The van der Waals surface area contributed by atoms with Crippen molar-refractivity contribution >= 4 is 28.1 Å². The van der Waals surface area contributed by atoms with E-state index in [1.807, 2.05) is 24.3 Å². The minimum atomic E-state index is 0.0687. The Morgan fingerprint density at radius 3 is 3.06 bits per heavy atom. The molecule has 0 fully saturated rings. The van der Waals surface area contributed by atoms with E-state index in [1.165, 1.54) is 17.6 Å². The highest BCUT2D eigenvalue weighted by atomic mass is 32.1. The molecule has 3 nitrogen and oxygen atoms in total. The first-order chi connectivity index (χ1) is 8.34. The minimum Gasteiger partial charge on any atom is -0.464 e. The van der Waals surface area contributed by atoms with Crippen molar-refractivity contribution in [1.29, 1.82) is 0 Å². The van der Waals surface area contributed by atoms with E-state index in [0.29, 0.717) is 12.0 Å². The zero-order valence-electron chi connectivity index (χ0n) is 8.92. The number of carbonyl (C=O) groups excluding carboxylic acids is 1. The number of para-hydroxylation sites is 1. The lowest BCUT2D eigenvalue weighted by Crippen LogP contribution is -2.00. The Morgan fingerprint density at radius 1 is 1.35 bits per heavy atom. The van der Waals surface area contributed by atoms with Crippen LogP contribution in [0.25, 0.3) is 11.0 Å². The van der Waals surface area contributed by atoms with Crippen LogP contribution in [0, 0.1) is 0 Å². The number of Topliss-reactive ketones (excluding diaryl/α,β-unsaturated/α-hetero) is 1. The number of benzene rings is 1. The average Bonchev–Trinajstić information content (AvgIpc) is 2.96. The molecule has 17 heavy (non-hydrogen) atoms. The van der Waals surface area contributed by atoms with Crippen molar-refractivity contribution in [3.8, 4) is 0 Å². The van der Waals surface area contributed by atoms with Gasteiger partial charge in [0.05, 0.1) is 11.1 Å². The third-order valence-electron chi connectivity index (χ3n) is 2.60. The predicted octanol–water partition coefficient (Wildman–Crippen LogP) is 3.31. The van der Waals surface area contributed by atoms with E-state index in [2.05, 4.69) is 4.98 Å². The lowest BCUT2D eigenvalue weighted by molar-refractivity contribution is 0.0994. The number of ketones is 1. The fourth-order valence-electron chi connectivity index (χ4n) is 1.78. The van der Waals surface area contributed by atoms with Gasteiger partial charge in [0.1, 0.15) is 11.8 Å². The smallest absolute Gasteiger partial charge is 0.171 e. The molecule has 3 aromatic rings. The maximum absolute atomic E-state index is 12.1. The Bertz CT molecular complexity index is 655. The molecule has 3 rings (SSSR count). The fourth-order valence-corrected chi connectivity index (χ4v) is 2.37. The van der Waals surface area contributed by atoms with E-state index in [1.54, 1.807) is 11.7 Å². The Kier molecular flexibility index (Phi) is 2.49. The molecule has 0 aliphatic rings. The summed E-state index contributed by atoms with van der Waals surface area (Å²) in [5, 5.41) is 0.877. The molecule has 0 spiro atoms. The van der Waals surface area contributed by atoms with E-state index >= 15 is 0 Å². The molecule has 0 aliphatic carbocycles. The SMILES string of the molecule is O=C(Cc1cncs1)c1coc2ccccc12. The zero-order valence-corrected chi connectivity index (χ0v) is 9.74. The van der Waals surface area contributed by atoms with Crippen LogP contribution in [0.1, 0.15) is 15.2 Å². The second kappa shape index (κ2) is 4.14. The van der Waals surface area contributed by atoms with Crippen LogP contribution in [-0.4, -0.2) is 10.8 Å². The predicted molar refractivity (Wildman–Crippen MR) is 66.4 cm³/mol. The summed E-state index contributed by atoms with van der Waals surface area (Å²) in [4.78, 5) is 17.0. The maximum Gasteiger partial charge on any atom is 0.171 e. The molecule has 0 N–H and O–H groups in total. The molecule has 84 valence electrons. The van der Waals surface area contributed by atoms with Crippen LogP contribution < -0.4 is 0 Å². The lowest BCUT2D eigenvalue weighted by atomic mass is 10.1. The maximum atomic E-state index is 12.1. The van der Waals surface area contributed by atoms with Crippen molar-refractivity contribution in [3.05, 3.63) is 52.7 Å². The number of carbonyl (C=O) groups is 1. The zero-order chi connectivity index (χ0) is 11.7. The van der Waals surface area contributed by atoms with Crippen LogP contribution in [0.2, 0.25) is 0 Å². The van der Waals surface area contributed by atoms with Crippen molar-refractivity contribution in [2.45, 2.75) is 6.42 Å². The van der Waals surface area contributed by atoms with Gasteiger partial charge in [0.2, 0.25) is 0 Å². The molecule has 0 amide bonds.